The summed E-state index contributed by atoms with van der Waals surface area (Å²) in [6.45, 7) is 8.66. The number of carbonyl (C=O) groups is 1. The van der Waals surface area contributed by atoms with Gasteiger partial charge in [-0.25, -0.2) is 4.79 Å². The Morgan fingerprint density at radius 2 is 1.89 bits per heavy atom. The van der Waals surface area contributed by atoms with E-state index in [1.807, 2.05) is 18.7 Å². The van der Waals surface area contributed by atoms with Gasteiger partial charge in [0.25, 0.3) is 0 Å². The molecule has 2 fully saturated rings. The lowest BCUT2D eigenvalue weighted by Gasteiger charge is -2.39. The third kappa shape index (κ3) is 2.02. The van der Waals surface area contributed by atoms with E-state index in [4.69, 9.17) is 5.41 Å². The van der Waals surface area contributed by atoms with Crippen LogP contribution in [0, 0.1) is 10.8 Å². The Kier molecular flexibility index (Phi) is 3.16. The fraction of sp³-hybridized carbons (Fsp3) is 0.857. The fourth-order valence-electron chi connectivity index (χ4n) is 3.47. The highest BCUT2D eigenvalue weighted by Crippen LogP contribution is 2.43. The molecular formula is C14H25N3O. The van der Waals surface area contributed by atoms with Crippen molar-refractivity contribution in [3.8, 4) is 0 Å². The molecule has 0 aromatic heterocycles. The maximum Gasteiger partial charge on any atom is 0.323 e. The molecule has 0 aromatic rings. The number of nitrogens with zero attached hydrogens (tertiary/aromatic N) is 1. The summed E-state index contributed by atoms with van der Waals surface area (Å²) < 4.78 is 0. The van der Waals surface area contributed by atoms with Crippen LogP contribution >= 0.6 is 0 Å². The Morgan fingerprint density at radius 3 is 2.50 bits per heavy atom. The van der Waals surface area contributed by atoms with Gasteiger partial charge in [0.05, 0.1) is 0 Å². The molecule has 4 nitrogen and oxygen atoms in total. The number of amidine groups is 1. The number of nitrogens with one attached hydrogen (secondary N) is 2. The van der Waals surface area contributed by atoms with Gasteiger partial charge < -0.3 is 4.90 Å². The number of amides is 2. The van der Waals surface area contributed by atoms with E-state index in [-0.39, 0.29) is 17.6 Å². The highest BCUT2D eigenvalue weighted by Gasteiger charge is 2.52. The predicted molar refractivity (Wildman–Crippen MR) is 72.8 cm³/mol. The number of urea groups is 1. The molecule has 1 saturated heterocycles. The second-order valence-electron chi connectivity index (χ2n) is 6.82. The van der Waals surface area contributed by atoms with Crippen LogP contribution in [0.1, 0.15) is 59.8 Å². The molecular weight excluding hydrogens is 226 g/mol. The summed E-state index contributed by atoms with van der Waals surface area (Å²) in [5, 5.41) is 10.9. The summed E-state index contributed by atoms with van der Waals surface area (Å²) in [7, 11) is 0. The van der Waals surface area contributed by atoms with Gasteiger partial charge >= 0.3 is 6.03 Å². The zero-order valence-electron chi connectivity index (χ0n) is 12.0. The zero-order valence-corrected chi connectivity index (χ0v) is 12.0. The smallest absolute Gasteiger partial charge is 0.309 e. The van der Waals surface area contributed by atoms with Crippen LogP contribution in [0.25, 0.3) is 0 Å². The molecule has 1 spiro atoms. The van der Waals surface area contributed by atoms with Gasteiger partial charge in [0.2, 0.25) is 0 Å². The van der Waals surface area contributed by atoms with Gasteiger partial charge in [-0.15, -0.1) is 0 Å². The summed E-state index contributed by atoms with van der Waals surface area (Å²) in [5.74, 6) is 0.416. The van der Waals surface area contributed by atoms with Crippen LogP contribution in [-0.4, -0.2) is 28.3 Å². The van der Waals surface area contributed by atoms with Gasteiger partial charge in [-0.1, -0.05) is 20.3 Å². The molecule has 0 bridgehead atoms. The molecule has 1 aliphatic heterocycles. The first-order valence-electron chi connectivity index (χ1n) is 6.98. The summed E-state index contributed by atoms with van der Waals surface area (Å²) in [6, 6.07) is 0.0590. The third-order valence-electron chi connectivity index (χ3n) is 4.55. The molecule has 0 aromatic carbocycles. The average Bonchev–Trinajstić information content (AvgIpc) is 2.37. The van der Waals surface area contributed by atoms with Crippen molar-refractivity contribution >= 4 is 11.9 Å². The van der Waals surface area contributed by atoms with E-state index >= 15 is 0 Å². The quantitative estimate of drug-likeness (QED) is 0.739. The van der Waals surface area contributed by atoms with Crippen molar-refractivity contribution in [1.29, 1.82) is 5.41 Å². The number of hydrogen-bond acceptors (Lipinski definition) is 2. The minimum absolute atomic E-state index is 0.0882. The van der Waals surface area contributed by atoms with Crippen LogP contribution in [0.3, 0.4) is 0 Å². The molecule has 1 saturated carbocycles. The summed E-state index contributed by atoms with van der Waals surface area (Å²) in [6.07, 6.45) is 5.19. The van der Waals surface area contributed by atoms with Crippen LogP contribution in [0.4, 0.5) is 4.79 Å². The second-order valence-corrected chi connectivity index (χ2v) is 6.82. The van der Waals surface area contributed by atoms with Crippen molar-refractivity contribution in [3.63, 3.8) is 0 Å². The second kappa shape index (κ2) is 4.25. The van der Waals surface area contributed by atoms with E-state index in [1.54, 1.807) is 0 Å². The van der Waals surface area contributed by atoms with Gasteiger partial charge in [0.1, 0.15) is 11.4 Å². The number of hydrogen-bond donors (Lipinski definition) is 2. The maximum atomic E-state index is 12.0. The average molecular weight is 251 g/mol. The first-order valence-corrected chi connectivity index (χ1v) is 6.98. The van der Waals surface area contributed by atoms with Crippen LogP contribution < -0.4 is 5.32 Å². The van der Waals surface area contributed by atoms with E-state index in [1.165, 1.54) is 6.42 Å². The third-order valence-corrected chi connectivity index (χ3v) is 4.55. The molecule has 1 heterocycles. The standard InChI is InChI=1S/C14H25N3O/c1-10(2)17-12(18)16-11(15)14(17)7-5-6-13(3,4)8-9-14/h10H,5-9H2,1-4H3,(H2,15,16,18). The lowest BCUT2D eigenvalue weighted by atomic mass is 9.82. The Morgan fingerprint density at radius 1 is 1.22 bits per heavy atom. The van der Waals surface area contributed by atoms with Gasteiger partial charge in [0.15, 0.2) is 0 Å². The van der Waals surface area contributed by atoms with Crippen LogP contribution in [0.15, 0.2) is 0 Å². The zero-order chi connectivity index (χ0) is 13.6. The number of carbonyl (C=O) groups excluding carboxylic acids is 1. The van der Waals surface area contributed by atoms with Gasteiger partial charge in [0, 0.05) is 6.04 Å². The van der Waals surface area contributed by atoms with E-state index in [2.05, 4.69) is 19.2 Å². The molecule has 102 valence electrons. The summed E-state index contributed by atoms with van der Waals surface area (Å²) >= 11 is 0. The molecule has 2 aliphatic rings. The first-order chi connectivity index (χ1) is 8.28. The summed E-state index contributed by atoms with van der Waals surface area (Å²) in [4.78, 5) is 13.9. The van der Waals surface area contributed by atoms with Crippen LogP contribution in [-0.2, 0) is 0 Å². The lowest BCUT2D eigenvalue weighted by Crippen LogP contribution is -2.52. The lowest BCUT2D eigenvalue weighted by molar-refractivity contribution is 0.136. The number of rotatable bonds is 1. The Bertz CT molecular complexity index is 375. The minimum atomic E-state index is -0.362. The van der Waals surface area contributed by atoms with Crippen molar-refractivity contribution in [2.24, 2.45) is 5.41 Å². The predicted octanol–water partition coefficient (Wildman–Crippen LogP) is 3.13. The van der Waals surface area contributed by atoms with Gasteiger partial charge in [-0.2, -0.15) is 0 Å². The van der Waals surface area contributed by atoms with Crippen LogP contribution in [0.5, 0.6) is 0 Å². The highest BCUT2D eigenvalue weighted by molar-refractivity contribution is 6.08. The van der Waals surface area contributed by atoms with E-state index in [9.17, 15) is 4.79 Å². The first kappa shape index (κ1) is 13.4. The molecule has 0 radical (unpaired) electrons. The van der Waals surface area contributed by atoms with E-state index in [0.717, 1.165) is 25.7 Å². The highest BCUT2D eigenvalue weighted by atomic mass is 16.2. The minimum Gasteiger partial charge on any atom is -0.309 e. The molecule has 2 rings (SSSR count). The van der Waals surface area contributed by atoms with Crippen molar-refractivity contribution in [2.45, 2.75) is 71.4 Å². The molecule has 2 N–H and O–H groups in total. The van der Waals surface area contributed by atoms with Crippen molar-refractivity contribution < 1.29 is 4.79 Å². The molecule has 1 aliphatic carbocycles. The van der Waals surface area contributed by atoms with Crippen molar-refractivity contribution in [1.82, 2.24) is 10.2 Å². The maximum absolute atomic E-state index is 12.0. The molecule has 1 unspecified atom stereocenters. The normalized spacial score (nSPS) is 31.9. The Hall–Kier alpha value is -1.06. The fourth-order valence-corrected chi connectivity index (χ4v) is 3.47. The largest absolute Gasteiger partial charge is 0.323 e. The Labute approximate surface area is 110 Å². The molecule has 1 atom stereocenters. The monoisotopic (exact) mass is 251 g/mol. The molecule has 18 heavy (non-hydrogen) atoms. The van der Waals surface area contributed by atoms with Crippen molar-refractivity contribution in [3.05, 3.63) is 0 Å². The topological polar surface area (TPSA) is 56.2 Å². The molecule has 2 amide bonds. The SMILES string of the molecule is CC(C)N1C(=O)NC(=N)C12CCCC(C)(C)CC2. The van der Waals surface area contributed by atoms with Gasteiger partial charge in [-0.05, 0) is 44.9 Å². The summed E-state index contributed by atoms with van der Waals surface area (Å²) in [5.41, 5.74) is -0.0307. The van der Waals surface area contributed by atoms with Crippen LogP contribution in [0.2, 0.25) is 0 Å². The van der Waals surface area contributed by atoms with E-state index in [0.29, 0.717) is 11.3 Å². The van der Waals surface area contributed by atoms with Gasteiger partial charge in [-0.3, -0.25) is 10.7 Å². The Balaban J connectivity index is 2.32. The molecule has 4 heteroatoms. The van der Waals surface area contributed by atoms with E-state index < -0.39 is 0 Å². The van der Waals surface area contributed by atoms with Crippen molar-refractivity contribution in [2.75, 3.05) is 0 Å².